The van der Waals surface area contributed by atoms with Crippen LogP contribution in [0.4, 0.5) is 36.4 Å². The number of nitrogens with zero attached hydrogens (tertiary/aromatic N) is 2. The molecule has 0 fully saturated rings. The summed E-state index contributed by atoms with van der Waals surface area (Å²) in [5.41, 5.74) is -5.62. The maximum Gasteiger partial charge on any atom is 0.431 e. The molecule has 0 aliphatic rings. The zero-order valence-electron chi connectivity index (χ0n) is 15.7. The van der Waals surface area contributed by atoms with Gasteiger partial charge in [-0.2, -0.15) is 31.6 Å². The van der Waals surface area contributed by atoms with Crippen molar-refractivity contribution in [3.63, 3.8) is 0 Å². The fourth-order valence-corrected chi connectivity index (χ4v) is 3.52. The molecule has 0 unspecified atom stereocenters. The van der Waals surface area contributed by atoms with Gasteiger partial charge in [0.25, 0.3) is 5.67 Å². The fourth-order valence-electron chi connectivity index (χ4n) is 2.31. The Balaban J connectivity index is 3.33. The van der Waals surface area contributed by atoms with Crippen LogP contribution in [0, 0.1) is 11.3 Å². The second-order valence-corrected chi connectivity index (χ2v) is 8.89. The second-order valence-electron chi connectivity index (χ2n) is 6.55. The van der Waals surface area contributed by atoms with Crippen molar-refractivity contribution in [2.75, 3.05) is 4.31 Å². The summed E-state index contributed by atoms with van der Waals surface area (Å²) in [4.78, 5) is 12.4. The third-order valence-corrected chi connectivity index (χ3v) is 6.23. The first-order valence-corrected chi connectivity index (χ1v) is 9.84. The molecule has 1 amide bonds. The van der Waals surface area contributed by atoms with E-state index in [2.05, 4.69) is 0 Å². The number of hydrogen-bond acceptors (Lipinski definition) is 4. The van der Waals surface area contributed by atoms with Gasteiger partial charge in [-0.3, -0.25) is 4.79 Å². The molecule has 0 heterocycles. The lowest BCUT2D eigenvalue weighted by Gasteiger charge is -2.31. The molecule has 168 valence electrons. The lowest BCUT2D eigenvalue weighted by molar-refractivity contribution is -0.342. The van der Waals surface area contributed by atoms with Crippen LogP contribution >= 0.6 is 0 Å². The van der Waals surface area contributed by atoms with E-state index >= 15 is 0 Å². The van der Waals surface area contributed by atoms with Crippen molar-refractivity contribution in [2.24, 2.45) is 0 Å². The van der Waals surface area contributed by atoms with E-state index < -0.39 is 52.0 Å². The van der Waals surface area contributed by atoms with E-state index in [-0.39, 0.29) is 16.4 Å². The highest BCUT2D eigenvalue weighted by molar-refractivity contribution is 7.94. The van der Waals surface area contributed by atoms with Crippen LogP contribution in [0.3, 0.4) is 0 Å². The minimum atomic E-state index is -6.35. The lowest BCUT2D eigenvalue weighted by atomic mass is 9.98. The normalized spacial score (nSPS) is 13.2. The maximum absolute atomic E-state index is 13.8. The van der Waals surface area contributed by atoms with E-state index in [4.69, 9.17) is 5.26 Å². The molecule has 0 bridgehead atoms. The molecule has 0 aliphatic heterocycles. The summed E-state index contributed by atoms with van der Waals surface area (Å²) in [6.07, 6.45) is -16.8. The van der Waals surface area contributed by atoms with E-state index in [0.717, 1.165) is 26.0 Å². The van der Waals surface area contributed by atoms with Crippen LogP contribution in [0.5, 0.6) is 0 Å². The quantitative estimate of drug-likeness (QED) is 0.562. The number of hydrogen-bond donors (Lipinski definition) is 0. The van der Waals surface area contributed by atoms with Gasteiger partial charge >= 0.3 is 12.4 Å². The van der Waals surface area contributed by atoms with Crippen LogP contribution in [0.1, 0.15) is 32.3 Å². The zero-order valence-corrected chi connectivity index (χ0v) is 16.5. The first-order chi connectivity index (χ1) is 13.5. The summed E-state index contributed by atoms with van der Waals surface area (Å²) >= 11 is 0. The number of benzene rings is 1. The first kappa shape index (κ1) is 25.7. The van der Waals surface area contributed by atoms with Gasteiger partial charge in [-0.05, 0) is 31.5 Å². The summed E-state index contributed by atoms with van der Waals surface area (Å²) < 4.78 is 115. The summed E-state index contributed by atoms with van der Waals surface area (Å²) in [7, 11) is -4.52. The molecule has 5 nitrogen and oxygen atoms in total. The van der Waals surface area contributed by atoms with Crippen LogP contribution in [-0.2, 0) is 21.2 Å². The number of amides is 1. The van der Waals surface area contributed by atoms with E-state index in [1.807, 2.05) is 6.07 Å². The van der Waals surface area contributed by atoms with Crippen LogP contribution in [0.15, 0.2) is 24.3 Å². The summed E-state index contributed by atoms with van der Waals surface area (Å²) in [6, 6.07) is 6.48. The highest BCUT2D eigenvalue weighted by Gasteiger charge is 2.72. The number of carbonyl (C=O) groups excluding carboxylic acids is 1. The van der Waals surface area contributed by atoms with Gasteiger partial charge in [-0.15, -0.1) is 0 Å². The number of alkyl halides is 7. The standard InChI is InChI=1S/C17H17F7N2O3S/c1-11(2)30(28,29)26(13-5-3-12(4-6-13)8-10-25)14(27)7-9-15(18,16(19,20)21)17(22,23)24/h3-6,11H,7-9H2,1-2H3. The molecular formula is C17H17F7N2O3S. The van der Waals surface area contributed by atoms with Crippen molar-refractivity contribution < 1.29 is 43.9 Å². The van der Waals surface area contributed by atoms with E-state index in [1.165, 1.54) is 12.1 Å². The van der Waals surface area contributed by atoms with Crippen molar-refractivity contribution in [3.05, 3.63) is 29.8 Å². The van der Waals surface area contributed by atoms with Gasteiger partial charge in [0.2, 0.25) is 15.9 Å². The van der Waals surface area contributed by atoms with E-state index in [1.54, 1.807) is 0 Å². The van der Waals surface area contributed by atoms with Crippen molar-refractivity contribution in [2.45, 2.75) is 56.4 Å². The van der Waals surface area contributed by atoms with Crippen molar-refractivity contribution in [1.29, 1.82) is 5.26 Å². The maximum atomic E-state index is 13.8. The molecule has 0 aliphatic carbocycles. The fraction of sp³-hybridized carbons (Fsp3) is 0.529. The second kappa shape index (κ2) is 8.79. The predicted molar refractivity (Wildman–Crippen MR) is 92.5 cm³/mol. The van der Waals surface area contributed by atoms with Gasteiger partial charge in [0.15, 0.2) is 0 Å². The van der Waals surface area contributed by atoms with Crippen molar-refractivity contribution in [1.82, 2.24) is 0 Å². The monoisotopic (exact) mass is 462 g/mol. The largest absolute Gasteiger partial charge is 0.431 e. The Kier molecular flexibility index (Phi) is 7.52. The zero-order chi connectivity index (χ0) is 23.5. The molecule has 0 radical (unpaired) electrons. The lowest BCUT2D eigenvalue weighted by Crippen LogP contribution is -2.54. The van der Waals surface area contributed by atoms with Crippen molar-refractivity contribution >= 4 is 21.6 Å². The topological polar surface area (TPSA) is 78.2 Å². The Morgan fingerprint density at radius 2 is 1.50 bits per heavy atom. The molecule has 30 heavy (non-hydrogen) atoms. The number of rotatable bonds is 7. The van der Waals surface area contributed by atoms with Crippen molar-refractivity contribution in [3.8, 4) is 6.07 Å². The molecule has 0 N–H and O–H groups in total. The SMILES string of the molecule is CC(C)S(=O)(=O)N(C(=O)CCC(F)(C(F)(F)F)C(F)(F)F)c1ccc(CC#N)cc1. The molecule has 0 saturated carbocycles. The van der Waals surface area contributed by atoms with Gasteiger partial charge in [0.05, 0.1) is 23.4 Å². The number of nitriles is 1. The number of carbonyl (C=O) groups is 1. The van der Waals surface area contributed by atoms with E-state index in [0.29, 0.717) is 5.56 Å². The Morgan fingerprint density at radius 1 is 1.03 bits per heavy atom. The predicted octanol–water partition coefficient (Wildman–Crippen LogP) is 4.44. The Hall–Kier alpha value is -2.36. The average Bonchev–Trinajstić information content (AvgIpc) is 2.59. The molecule has 0 atom stereocenters. The molecule has 0 saturated heterocycles. The number of sulfonamides is 1. The number of anilines is 1. The van der Waals surface area contributed by atoms with E-state index in [9.17, 15) is 43.9 Å². The summed E-state index contributed by atoms with van der Waals surface area (Å²) in [6.45, 7) is 2.29. The third-order valence-electron chi connectivity index (χ3n) is 4.11. The van der Waals surface area contributed by atoms with Crippen LogP contribution < -0.4 is 4.31 Å². The van der Waals surface area contributed by atoms with Gasteiger partial charge < -0.3 is 0 Å². The van der Waals surface area contributed by atoms with Crippen LogP contribution in [0.2, 0.25) is 0 Å². The molecule has 1 rings (SSSR count). The smallest absolute Gasteiger partial charge is 0.273 e. The molecule has 0 aromatic heterocycles. The Morgan fingerprint density at radius 3 is 1.87 bits per heavy atom. The molecule has 13 heteroatoms. The molecule has 0 spiro atoms. The van der Waals surface area contributed by atoms with Crippen LogP contribution in [0.25, 0.3) is 0 Å². The molecular weight excluding hydrogens is 445 g/mol. The highest BCUT2D eigenvalue weighted by atomic mass is 32.2. The number of halogens is 7. The Labute approximate surface area is 168 Å². The van der Waals surface area contributed by atoms with Gasteiger partial charge in [0.1, 0.15) is 0 Å². The van der Waals surface area contributed by atoms with Gasteiger partial charge in [-0.1, -0.05) is 12.1 Å². The van der Waals surface area contributed by atoms with Gasteiger partial charge in [-0.25, -0.2) is 17.1 Å². The third kappa shape index (κ3) is 5.21. The summed E-state index contributed by atoms with van der Waals surface area (Å²) in [5.74, 6) is -1.66. The van der Waals surface area contributed by atoms with Crippen LogP contribution in [-0.4, -0.2) is 37.6 Å². The molecule has 1 aromatic rings. The highest BCUT2D eigenvalue weighted by Crippen LogP contribution is 2.49. The average molecular weight is 462 g/mol. The first-order valence-electron chi connectivity index (χ1n) is 8.34. The minimum absolute atomic E-state index is 0.0565. The van der Waals surface area contributed by atoms with Gasteiger partial charge in [0, 0.05) is 12.8 Å². The summed E-state index contributed by atoms with van der Waals surface area (Å²) in [5, 5.41) is 7.37. The minimum Gasteiger partial charge on any atom is -0.273 e. The molecule has 1 aromatic carbocycles. The Bertz CT molecular complexity index is 887.